The number of hydrogen-bond donors (Lipinski definition) is 1. The van der Waals surface area contributed by atoms with Crippen molar-refractivity contribution in [2.24, 2.45) is 5.73 Å². The van der Waals surface area contributed by atoms with Crippen LogP contribution in [-0.4, -0.2) is 30.4 Å². The molecule has 2 rings (SSSR count). The molecular formula is C22H29FN2O. The van der Waals surface area contributed by atoms with Crippen molar-refractivity contribution in [2.45, 2.75) is 44.6 Å². The van der Waals surface area contributed by atoms with Gasteiger partial charge >= 0.3 is 0 Å². The monoisotopic (exact) mass is 356 g/mol. The molecule has 2 aromatic carbocycles. The second kappa shape index (κ2) is 10.1. The van der Waals surface area contributed by atoms with E-state index in [1.54, 1.807) is 23.1 Å². The number of nitrogens with two attached hydrogens (primary N) is 1. The molecule has 4 heteroatoms. The first-order chi connectivity index (χ1) is 12.5. The summed E-state index contributed by atoms with van der Waals surface area (Å²) in [5.74, 6) is 0.188. The molecule has 0 fully saturated rings. The van der Waals surface area contributed by atoms with Crippen molar-refractivity contribution in [1.29, 1.82) is 0 Å². The highest BCUT2D eigenvalue weighted by Crippen LogP contribution is 2.23. The molecule has 0 aliphatic carbocycles. The van der Waals surface area contributed by atoms with Crippen LogP contribution in [0.4, 0.5) is 4.39 Å². The molecule has 0 aliphatic heterocycles. The number of hydrogen-bond acceptors (Lipinski definition) is 2. The van der Waals surface area contributed by atoms with Crippen LogP contribution >= 0.6 is 0 Å². The second-order valence-corrected chi connectivity index (χ2v) is 6.88. The average Bonchev–Trinajstić information content (AvgIpc) is 2.64. The molecule has 3 nitrogen and oxygen atoms in total. The van der Waals surface area contributed by atoms with E-state index >= 15 is 0 Å². The highest BCUT2D eigenvalue weighted by molar-refractivity contribution is 5.76. The second-order valence-electron chi connectivity index (χ2n) is 6.88. The molecule has 0 saturated carbocycles. The number of benzene rings is 2. The van der Waals surface area contributed by atoms with Gasteiger partial charge < -0.3 is 10.6 Å². The van der Waals surface area contributed by atoms with E-state index < -0.39 is 0 Å². The molecule has 140 valence electrons. The largest absolute Gasteiger partial charge is 0.346 e. The van der Waals surface area contributed by atoms with Crippen molar-refractivity contribution >= 4 is 5.91 Å². The zero-order valence-corrected chi connectivity index (χ0v) is 15.7. The third-order valence-electron chi connectivity index (χ3n) is 4.88. The summed E-state index contributed by atoms with van der Waals surface area (Å²) in [4.78, 5) is 14.2. The molecule has 2 N–H and O–H groups in total. The van der Waals surface area contributed by atoms with Gasteiger partial charge in [0.2, 0.25) is 5.91 Å². The first kappa shape index (κ1) is 20.1. The summed E-state index contributed by atoms with van der Waals surface area (Å²) in [6.45, 7) is 2.86. The molecule has 0 bridgehead atoms. The van der Waals surface area contributed by atoms with Crippen molar-refractivity contribution in [2.75, 3.05) is 13.6 Å². The van der Waals surface area contributed by atoms with Gasteiger partial charge in [0.1, 0.15) is 5.82 Å². The topological polar surface area (TPSA) is 46.3 Å². The van der Waals surface area contributed by atoms with Crippen LogP contribution in [0.5, 0.6) is 0 Å². The summed E-state index contributed by atoms with van der Waals surface area (Å²) in [5, 5.41) is 0. The lowest BCUT2D eigenvalue weighted by molar-refractivity contribution is -0.130. The predicted octanol–water partition coefficient (Wildman–Crippen LogP) is 4.13. The van der Waals surface area contributed by atoms with Gasteiger partial charge in [-0.15, -0.1) is 0 Å². The normalized spacial score (nSPS) is 13.2. The van der Waals surface area contributed by atoms with E-state index in [1.165, 1.54) is 11.6 Å². The molecule has 0 spiro atoms. The maximum Gasteiger partial charge on any atom is 0.223 e. The van der Waals surface area contributed by atoms with E-state index in [1.807, 2.05) is 13.1 Å². The number of halogens is 1. The Balaban J connectivity index is 1.82. The Kier molecular flexibility index (Phi) is 7.79. The fourth-order valence-electron chi connectivity index (χ4n) is 3.20. The molecular weight excluding hydrogens is 327 g/mol. The summed E-state index contributed by atoms with van der Waals surface area (Å²) in [6, 6.07) is 16.6. The molecule has 1 amide bonds. The van der Waals surface area contributed by atoms with Gasteiger partial charge in [-0.1, -0.05) is 55.5 Å². The van der Waals surface area contributed by atoms with Gasteiger partial charge in [0.05, 0.1) is 0 Å². The van der Waals surface area contributed by atoms with E-state index in [9.17, 15) is 9.18 Å². The van der Waals surface area contributed by atoms with Crippen LogP contribution in [0.25, 0.3) is 0 Å². The summed E-state index contributed by atoms with van der Waals surface area (Å²) >= 11 is 0. The van der Waals surface area contributed by atoms with Crippen LogP contribution in [0.2, 0.25) is 0 Å². The average molecular weight is 356 g/mol. The third-order valence-corrected chi connectivity index (χ3v) is 4.88. The van der Waals surface area contributed by atoms with E-state index in [0.29, 0.717) is 24.4 Å². The van der Waals surface area contributed by atoms with Crippen LogP contribution in [0.1, 0.15) is 43.2 Å². The predicted molar refractivity (Wildman–Crippen MR) is 104 cm³/mol. The highest BCUT2D eigenvalue weighted by atomic mass is 19.1. The lowest BCUT2D eigenvalue weighted by atomic mass is 9.93. The Labute approximate surface area is 156 Å². The van der Waals surface area contributed by atoms with Gasteiger partial charge in [0, 0.05) is 26.1 Å². The van der Waals surface area contributed by atoms with Crippen LogP contribution < -0.4 is 5.73 Å². The third kappa shape index (κ3) is 5.95. The molecule has 0 aromatic heterocycles. The zero-order valence-electron chi connectivity index (χ0n) is 15.7. The fourth-order valence-corrected chi connectivity index (χ4v) is 3.20. The van der Waals surface area contributed by atoms with E-state index in [4.69, 9.17) is 5.73 Å². The SMILES string of the molecule is CCC(CCN(C)C(=O)C[C@H](N)Cc1ccccc1F)c1ccccc1. The Hall–Kier alpha value is -2.20. The van der Waals surface area contributed by atoms with Crippen LogP contribution in [0.3, 0.4) is 0 Å². The van der Waals surface area contributed by atoms with Gasteiger partial charge in [0.15, 0.2) is 0 Å². The Bertz CT molecular complexity index is 690. The van der Waals surface area contributed by atoms with Crippen molar-refractivity contribution < 1.29 is 9.18 Å². The number of nitrogens with zero attached hydrogens (tertiary/aromatic N) is 1. The first-order valence-electron chi connectivity index (χ1n) is 9.29. The van der Waals surface area contributed by atoms with Gasteiger partial charge in [0.25, 0.3) is 0 Å². The fraction of sp³-hybridized carbons (Fsp3) is 0.409. The van der Waals surface area contributed by atoms with Gasteiger partial charge in [-0.05, 0) is 42.4 Å². The van der Waals surface area contributed by atoms with Gasteiger partial charge in [-0.2, -0.15) is 0 Å². The molecule has 0 heterocycles. The summed E-state index contributed by atoms with van der Waals surface area (Å²) in [6.07, 6.45) is 2.56. The number of amides is 1. The quantitative estimate of drug-likeness (QED) is 0.734. The number of rotatable bonds is 9. The van der Waals surface area contributed by atoms with Gasteiger partial charge in [-0.25, -0.2) is 4.39 Å². The Morgan fingerprint density at radius 2 is 1.77 bits per heavy atom. The Morgan fingerprint density at radius 3 is 2.42 bits per heavy atom. The van der Waals surface area contributed by atoms with Crippen molar-refractivity contribution in [3.63, 3.8) is 0 Å². The van der Waals surface area contributed by atoms with Gasteiger partial charge in [-0.3, -0.25) is 4.79 Å². The molecule has 2 atom stereocenters. The molecule has 0 aliphatic rings. The van der Waals surface area contributed by atoms with Crippen LogP contribution in [-0.2, 0) is 11.2 Å². The highest BCUT2D eigenvalue weighted by Gasteiger charge is 2.17. The minimum atomic E-state index is -0.377. The van der Waals surface area contributed by atoms with Crippen molar-refractivity contribution in [1.82, 2.24) is 4.90 Å². The maximum atomic E-state index is 13.7. The molecule has 26 heavy (non-hydrogen) atoms. The zero-order chi connectivity index (χ0) is 18.9. The number of carbonyl (C=O) groups is 1. The maximum absolute atomic E-state index is 13.7. The molecule has 0 radical (unpaired) electrons. The molecule has 0 saturated heterocycles. The summed E-state index contributed by atoms with van der Waals surface area (Å²) in [5.41, 5.74) is 7.95. The Morgan fingerprint density at radius 1 is 1.12 bits per heavy atom. The van der Waals surface area contributed by atoms with Crippen molar-refractivity contribution in [3.8, 4) is 0 Å². The first-order valence-corrected chi connectivity index (χ1v) is 9.29. The summed E-state index contributed by atoms with van der Waals surface area (Å²) < 4.78 is 13.7. The smallest absolute Gasteiger partial charge is 0.223 e. The van der Waals surface area contributed by atoms with Crippen molar-refractivity contribution in [3.05, 3.63) is 71.5 Å². The molecule has 1 unspecified atom stereocenters. The number of carbonyl (C=O) groups excluding carboxylic acids is 1. The van der Waals surface area contributed by atoms with E-state index in [-0.39, 0.29) is 24.2 Å². The van der Waals surface area contributed by atoms with E-state index in [0.717, 1.165) is 12.8 Å². The minimum Gasteiger partial charge on any atom is -0.346 e. The lowest BCUT2D eigenvalue weighted by Crippen LogP contribution is -2.35. The molecule has 2 aromatic rings. The van der Waals surface area contributed by atoms with Crippen LogP contribution in [0.15, 0.2) is 54.6 Å². The van der Waals surface area contributed by atoms with E-state index in [2.05, 4.69) is 31.2 Å². The standard InChI is InChI=1S/C22H29FN2O/c1-3-17(18-9-5-4-6-10-18)13-14-25(2)22(26)16-20(24)15-19-11-7-8-12-21(19)23/h4-12,17,20H,3,13-16,24H2,1-2H3/t17?,20-/m1/s1. The lowest BCUT2D eigenvalue weighted by Gasteiger charge is -2.23. The minimum absolute atomic E-state index is 0.0109. The van der Waals surface area contributed by atoms with Crippen LogP contribution in [0, 0.1) is 5.82 Å². The summed E-state index contributed by atoms with van der Waals surface area (Å²) in [7, 11) is 1.82.